The number of hydrogen-bond acceptors (Lipinski definition) is 6. The first-order chi connectivity index (χ1) is 10.4. The summed E-state index contributed by atoms with van der Waals surface area (Å²) in [5.74, 6) is 0.534. The van der Waals surface area contributed by atoms with E-state index in [1.54, 1.807) is 20.8 Å². The molecule has 0 saturated heterocycles. The molecule has 1 amide bonds. The van der Waals surface area contributed by atoms with Gasteiger partial charge < -0.3 is 9.47 Å². The molecule has 0 atom stereocenters. The lowest BCUT2D eigenvalue weighted by molar-refractivity contribution is 0.0635. The number of carbonyl (C=O) groups excluding carboxylic acids is 1. The second kappa shape index (κ2) is 7.33. The molecule has 118 valence electrons. The summed E-state index contributed by atoms with van der Waals surface area (Å²) in [5, 5.41) is 2.95. The van der Waals surface area contributed by atoms with E-state index in [-0.39, 0.29) is 0 Å². The molecule has 0 aliphatic heterocycles. The van der Waals surface area contributed by atoms with Crippen LogP contribution in [0.2, 0.25) is 0 Å². The Morgan fingerprint density at radius 1 is 1.23 bits per heavy atom. The van der Waals surface area contributed by atoms with E-state index in [0.717, 1.165) is 17.1 Å². The minimum Gasteiger partial charge on any atom is -0.444 e. The number of nitrogens with zero attached hydrogens (tertiary/aromatic N) is 2. The van der Waals surface area contributed by atoms with Gasteiger partial charge in [0, 0.05) is 11.5 Å². The van der Waals surface area contributed by atoms with Crippen LogP contribution < -0.4 is 5.32 Å². The van der Waals surface area contributed by atoms with Crippen LogP contribution in [0.15, 0.2) is 30.3 Å². The fraction of sp³-hybridized carbons (Fsp3) is 0.400. The molecule has 22 heavy (non-hydrogen) atoms. The van der Waals surface area contributed by atoms with Crippen LogP contribution in [0.3, 0.4) is 0 Å². The Morgan fingerprint density at radius 3 is 2.64 bits per heavy atom. The maximum Gasteiger partial charge on any atom is 0.414 e. The highest BCUT2D eigenvalue weighted by Gasteiger charge is 2.17. The minimum absolute atomic E-state index is 0.293. The lowest BCUT2D eigenvalue weighted by Gasteiger charge is -2.18. The predicted molar refractivity (Wildman–Crippen MR) is 84.7 cm³/mol. The third-order valence-corrected chi connectivity index (χ3v) is 3.09. The molecule has 1 aromatic heterocycles. The molecule has 0 aliphatic rings. The van der Waals surface area contributed by atoms with Gasteiger partial charge in [-0.3, -0.25) is 5.32 Å². The number of benzene rings is 1. The maximum absolute atomic E-state index is 11.6. The number of carbonyl (C=O) groups is 1. The molecule has 2 rings (SSSR count). The van der Waals surface area contributed by atoms with Crippen molar-refractivity contribution in [3.63, 3.8) is 0 Å². The lowest BCUT2D eigenvalue weighted by atomic mass is 10.2. The summed E-state index contributed by atoms with van der Waals surface area (Å²) in [5.41, 5.74) is 0.543. The van der Waals surface area contributed by atoms with E-state index in [4.69, 9.17) is 9.47 Å². The van der Waals surface area contributed by atoms with Crippen LogP contribution in [-0.4, -0.2) is 21.1 Å². The van der Waals surface area contributed by atoms with Crippen LogP contribution in [0.5, 0.6) is 0 Å². The van der Waals surface area contributed by atoms with Crippen LogP contribution in [0.1, 0.15) is 32.2 Å². The number of rotatable bonds is 5. The van der Waals surface area contributed by atoms with Gasteiger partial charge in [0.1, 0.15) is 12.2 Å². The van der Waals surface area contributed by atoms with Gasteiger partial charge in [-0.1, -0.05) is 30.3 Å². The molecule has 2 aromatic rings. The van der Waals surface area contributed by atoms with Gasteiger partial charge in [-0.2, -0.15) is 4.37 Å². The summed E-state index contributed by atoms with van der Waals surface area (Å²) in [6.07, 6.45) is -0.541. The van der Waals surface area contributed by atoms with Gasteiger partial charge in [-0.25, -0.2) is 9.78 Å². The molecular weight excluding hydrogens is 302 g/mol. The smallest absolute Gasteiger partial charge is 0.414 e. The number of nitrogens with one attached hydrogen (secondary N) is 1. The summed E-state index contributed by atoms with van der Waals surface area (Å²) in [7, 11) is 0. The van der Waals surface area contributed by atoms with Crippen LogP contribution in [0.4, 0.5) is 9.93 Å². The van der Waals surface area contributed by atoms with Gasteiger partial charge in [0.25, 0.3) is 0 Å². The quantitative estimate of drug-likeness (QED) is 0.911. The molecule has 0 spiro atoms. The fourth-order valence-electron chi connectivity index (χ4n) is 1.59. The topological polar surface area (TPSA) is 73.3 Å². The van der Waals surface area contributed by atoms with Gasteiger partial charge in [0.2, 0.25) is 5.13 Å². The van der Waals surface area contributed by atoms with E-state index >= 15 is 0 Å². The Hall–Kier alpha value is -1.99. The van der Waals surface area contributed by atoms with Crippen molar-refractivity contribution in [2.75, 3.05) is 5.32 Å². The van der Waals surface area contributed by atoms with Gasteiger partial charge in [-0.05, 0) is 26.3 Å². The number of ether oxygens (including phenoxy) is 2. The highest BCUT2D eigenvalue weighted by Crippen LogP contribution is 2.14. The molecule has 0 bridgehead atoms. The van der Waals surface area contributed by atoms with E-state index in [9.17, 15) is 4.79 Å². The van der Waals surface area contributed by atoms with Crippen molar-refractivity contribution < 1.29 is 14.3 Å². The monoisotopic (exact) mass is 321 g/mol. The van der Waals surface area contributed by atoms with Crippen molar-refractivity contribution in [1.82, 2.24) is 9.36 Å². The average molecular weight is 321 g/mol. The lowest BCUT2D eigenvalue weighted by Crippen LogP contribution is -2.27. The van der Waals surface area contributed by atoms with E-state index in [1.165, 1.54) is 0 Å². The molecule has 1 heterocycles. The first-order valence-corrected chi connectivity index (χ1v) is 7.64. The average Bonchev–Trinajstić information content (AvgIpc) is 2.85. The van der Waals surface area contributed by atoms with Crippen molar-refractivity contribution in [3.05, 3.63) is 41.7 Å². The Morgan fingerprint density at radius 2 is 1.95 bits per heavy atom. The van der Waals surface area contributed by atoms with E-state index < -0.39 is 11.7 Å². The van der Waals surface area contributed by atoms with Crippen molar-refractivity contribution >= 4 is 22.8 Å². The highest BCUT2D eigenvalue weighted by molar-refractivity contribution is 7.09. The second-order valence-electron chi connectivity index (χ2n) is 5.62. The Balaban J connectivity index is 1.78. The molecule has 0 aliphatic carbocycles. The van der Waals surface area contributed by atoms with Crippen LogP contribution >= 0.6 is 11.5 Å². The zero-order valence-corrected chi connectivity index (χ0v) is 13.6. The Kier molecular flexibility index (Phi) is 5.46. The normalized spacial score (nSPS) is 11.2. The summed E-state index contributed by atoms with van der Waals surface area (Å²) in [4.78, 5) is 15.8. The van der Waals surface area contributed by atoms with Gasteiger partial charge in [0.15, 0.2) is 5.82 Å². The summed E-state index contributed by atoms with van der Waals surface area (Å²) in [6, 6.07) is 9.86. The van der Waals surface area contributed by atoms with Crippen molar-refractivity contribution in [2.45, 2.75) is 39.6 Å². The first-order valence-electron chi connectivity index (χ1n) is 6.87. The van der Waals surface area contributed by atoms with Crippen molar-refractivity contribution in [1.29, 1.82) is 0 Å². The molecule has 1 aromatic carbocycles. The van der Waals surface area contributed by atoms with E-state index in [1.807, 2.05) is 30.3 Å². The zero-order chi connectivity index (χ0) is 16.0. The zero-order valence-electron chi connectivity index (χ0n) is 12.8. The number of hydrogen-bond donors (Lipinski definition) is 1. The van der Waals surface area contributed by atoms with Crippen LogP contribution in [-0.2, 0) is 22.7 Å². The molecule has 0 fully saturated rings. The molecule has 1 N–H and O–H groups in total. The molecule has 7 heteroatoms. The summed E-state index contributed by atoms with van der Waals surface area (Å²) in [6.45, 7) is 6.19. The molecule has 0 radical (unpaired) electrons. The minimum atomic E-state index is -0.545. The van der Waals surface area contributed by atoms with Gasteiger partial charge in [-0.15, -0.1) is 0 Å². The molecule has 0 unspecified atom stereocenters. The van der Waals surface area contributed by atoms with Crippen LogP contribution in [0, 0.1) is 0 Å². The Bertz CT molecular complexity index is 608. The third kappa shape index (κ3) is 5.79. The van der Waals surface area contributed by atoms with Gasteiger partial charge in [0.05, 0.1) is 6.61 Å². The molecular formula is C15H19N3O3S. The van der Waals surface area contributed by atoms with Gasteiger partial charge >= 0.3 is 6.09 Å². The Labute approximate surface area is 133 Å². The van der Waals surface area contributed by atoms with Crippen molar-refractivity contribution in [2.24, 2.45) is 0 Å². The predicted octanol–water partition coefficient (Wildman–Crippen LogP) is 3.60. The fourth-order valence-corrected chi connectivity index (χ4v) is 2.15. The number of aromatic nitrogens is 2. The second-order valence-corrected chi connectivity index (χ2v) is 6.37. The van der Waals surface area contributed by atoms with Crippen molar-refractivity contribution in [3.8, 4) is 0 Å². The number of amides is 1. The van der Waals surface area contributed by atoms with E-state index in [0.29, 0.717) is 24.2 Å². The standard InChI is InChI=1S/C15H19N3O3S/c1-15(2,3)21-14(19)17-13-16-12(18-22-13)10-20-9-11-7-5-4-6-8-11/h4-8H,9-10H2,1-3H3,(H,16,17,18,19). The third-order valence-electron chi connectivity index (χ3n) is 2.42. The first kappa shape index (κ1) is 16.4. The summed E-state index contributed by atoms with van der Waals surface area (Å²) < 4.78 is 14.8. The summed E-state index contributed by atoms with van der Waals surface area (Å²) >= 11 is 1.10. The largest absolute Gasteiger partial charge is 0.444 e. The van der Waals surface area contributed by atoms with Crippen LogP contribution in [0.25, 0.3) is 0 Å². The molecule has 0 saturated carbocycles. The molecule has 6 nitrogen and oxygen atoms in total. The van der Waals surface area contributed by atoms with E-state index in [2.05, 4.69) is 14.7 Å². The number of anilines is 1. The highest BCUT2D eigenvalue weighted by atomic mass is 32.1. The SMILES string of the molecule is CC(C)(C)OC(=O)Nc1nc(COCc2ccccc2)ns1. The maximum atomic E-state index is 11.6.